The first kappa shape index (κ1) is 22.8. The van der Waals surface area contributed by atoms with E-state index in [0.717, 1.165) is 17.6 Å². The minimum atomic E-state index is -0.770. The Bertz CT molecular complexity index is 741. The first-order valence-corrected chi connectivity index (χ1v) is 12.0. The van der Waals surface area contributed by atoms with Gasteiger partial charge in [-0.2, -0.15) is 0 Å². The molecule has 0 N–H and O–H groups in total. The van der Waals surface area contributed by atoms with E-state index < -0.39 is 13.0 Å². The maximum absolute atomic E-state index is 14.9. The summed E-state index contributed by atoms with van der Waals surface area (Å²) in [7, 11) is 0. The Balaban J connectivity index is 1.31. The minimum Gasteiger partial charge on any atom is -0.348 e. The Labute approximate surface area is 184 Å². The molecule has 3 aliphatic rings. The van der Waals surface area contributed by atoms with Crippen LogP contribution in [-0.4, -0.2) is 19.9 Å². The molecule has 0 radical (unpaired) electrons. The van der Waals surface area contributed by atoms with Crippen molar-refractivity contribution < 1.29 is 22.6 Å². The maximum Gasteiger partial charge on any atom is 0.183 e. The second kappa shape index (κ2) is 10.5. The zero-order chi connectivity index (χ0) is 21.8. The van der Waals surface area contributed by atoms with Crippen LogP contribution in [0.2, 0.25) is 0 Å². The molecular weight excluding hydrogens is 401 g/mol. The summed E-state index contributed by atoms with van der Waals surface area (Å²) in [6, 6.07) is 5.28. The van der Waals surface area contributed by atoms with Crippen LogP contribution >= 0.6 is 0 Å². The Morgan fingerprint density at radius 2 is 1.65 bits per heavy atom. The van der Waals surface area contributed by atoms with Crippen LogP contribution in [0.25, 0.3) is 0 Å². The van der Waals surface area contributed by atoms with E-state index >= 15 is 0 Å². The van der Waals surface area contributed by atoms with Gasteiger partial charge in [0.15, 0.2) is 6.29 Å². The van der Waals surface area contributed by atoms with Gasteiger partial charge < -0.3 is 9.47 Å². The van der Waals surface area contributed by atoms with Crippen molar-refractivity contribution in [1.82, 2.24) is 0 Å². The van der Waals surface area contributed by atoms with Crippen LogP contribution in [0.15, 0.2) is 30.1 Å². The molecule has 1 aliphatic heterocycles. The highest BCUT2D eigenvalue weighted by atomic mass is 19.1. The molecule has 0 unspecified atom stereocenters. The van der Waals surface area contributed by atoms with Crippen LogP contribution in [0.3, 0.4) is 0 Å². The first-order chi connectivity index (χ1) is 15.0. The molecule has 0 amide bonds. The zero-order valence-corrected chi connectivity index (χ0v) is 18.5. The third-order valence-corrected chi connectivity index (χ3v) is 7.78. The van der Waals surface area contributed by atoms with Crippen molar-refractivity contribution in [3.63, 3.8) is 0 Å². The van der Waals surface area contributed by atoms with Crippen LogP contribution in [0.5, 0.6) is 0 Å². The molecule has 4 rings (SSSR count). The SMILES string of the molecule is CC1CCC(C2COC(c3ccc(C4CCC(/C(F)=C/CF)CC4)c(F)c3)OC2)CC1. The molecule has 1 aromatic rings. The van der Waals surface area contributed by atoms with Crippen molar-refractivity contribution >= 4 is 0 Å². The molecule has 0 atom stereocenters. The summed E-state index contributed by atoms with van der Waals surface area (Å²) in [5, 5.41) is 0. The van der Waals surface area contributed by atoms with Gasteiger partial charge in [0.1, 0.15) is 18.3 Å². The molecule has 2 nitrogen and oxygen atoms in total. The lowest BCUT2D eigenvalue weighted by atomic mass is 9.76. The monoisotopic (exact) mass is 436 g/mol. The zero-order valence-electron chi connectivity index (χ0n) is 18.5. The lowest BCUT2D eigenvalue weighted by Gasteiger charge is -2.37. The van der Waals surface area contributed by atoms with E-state index in [1.807, 2.05) is 12.1 Å². The predicted octanol–water partition coefficient (Wildman–Crippen LogP) is 7.41. The van der Waals surface area contributed by atoms with E-state index in [1.54, 1.807) is 0 Å². The topological polar surface area (TPSA) is 18.5 Å². The summed E-state index contributed by atoms with van der Waals surface area (Å²) in [6.07, 6.45) is 8.29. The van der Waals surface area contributed by atoms with Gasteiger partial charge in [-0.25, -0.2) is 13.2 Å². The van der Waals surface area contributed by atoms with Crippen LogP contribution in [0, 0.1) is 29.5 Å². The van der Waals surface area contributed by atoms with E-state index in [4.69, 9.17) is 9.47 Å². The van der Waals surface area contributed by atoms with Crippen molar-refractivity contribution in [2.45, 2.75) is 70.5 Å². The summed E-state index contributed by atoms with van der Waals surface area (Å²) in [5.41, 5.74) is 1.41. The number of allylic oxidation sites excluding steroid dienone is 2. The lowest BCUT2D eigenvalue weighted by Crippen LogP contribution is -2.34. The molecule has 2 saturated carbocycles. The molecule has 172 valence electrons. The Kier molecular flexibility index (Phi) is 7.76. The summed E-state index contributed by atoms with van der Waals surface area (Å²) < 4.78 is 53.1. The van der Waals surface area contributed by atoms with Gasteiger partial charge in [0.05, 0.1) is 13.2 Å². The van der Waals surface area contributed by atoms with Gasteiger partial charge in [0.2, 0.25) is 0 Å². The molecule has 1 heterocycles. The van der Waals surface area contributed by atoms with E-state index in [2.05, 4.69) is 6.92 Å². The van der Waals surface area contributed by atoms with Gasteiger partial charge in [0.25, 0.3) is 0 Å². The second-order valence-corrected chi connectivity index (χ2v) is 9.85. The predicted molar refractivity (Wildman–Crippen MR) is 116 cm³/mol. The first-order valence-electron chi connectivity index (χ1n) is 12.0. The molecule has 0 bridgehead atoms. The fourth-order valence-corrected chi connectivity index (χ4v) is 5.68. The summed E-state index contributed by atoms with van der Waals surface area (Å²) in [6.45, 7) is 2.91. The van der Waals surface area contributed by atoms with Crippen LogP contribution in [0.4, 0.5) is 13.2 Å². The molecule has 1 aromatic carbocycles. The molecular formula is C26H35F3O2. The molecule has 1 saturated heterocycles. The van der Waals surface area contributed by atoms with Gasteiger partial charge in [-0.15, -0.1) is 0 Å². The molecule has 2 aliphatic carbocycles. The smallest absolute Gasteiger partial charge is 0.183 e. The van der Waals surface area contributed by atoms with Crippen molar-refractivity contribution in [2.24, 2.45) is 23.7 Å². The van der Waals surface area contributed by atoms with E-state index in [1.165, 1.54) is 31.7 Å². The maximum atomic E-state index is 14.9. The van der Waals surface area contributed by atoms with Crippen molar-refractivity contribution in [2.75, 3.05) is 19.9 Å². The quantitative estimate of drug-likeness (QED) is 0.478. The number of benzene rings is 1. The van der Waals surface area contributed by atoms with Crippen molar-refractivity contribution in [3.05, 3.63) is 47.0 Å². The van der Waals surface area contributed by atoms with Crippen LogP contribution < -0.4 is 0 Å². The highest BCUT2D eigenvalue weighted by molar-refractivity contribution is 5.28. The Morgan fingerprint density at radius 1 is 0.968 bits per heavy atom. The third kappa shape index (κ3) is 5.54. The summed E-state index contributed by atoms with van der Waals surface area (Å²) >= 11 is 0. The number of rotatable bonds is 5. The highest BCUT2D eigenvalue weighted by Gasteiger charge is 2.32. The largest absolute Gasteiger partial charge is 0.348 e. The van der Waals surface area contributed by atoms with Gasteiger partial charge in [-0.3, -0.25) is 0 Å². The third-order valence-electron chi connectivity index (χ3n) is 7.78. The second-order valence-electron chi connectivity index (χ2n) is 9.85. The number of alkyl halides is 1. The fourth-order valence-electron chi connectivity index (χ4n) is 5.68. The fraction of sp³-hybridized carbons (Fsp3) is 0.692. The number of hydrogen-bond acceptors (Lipinski definition) is 2. The highest BCUT2D eigenvalue weighted by Crippen LogP contribution is 2.41. The summed E-state index contributed by atoms with van der Waals surface area (Å²) in [4.78, 5) is 0. The molecule has 3 fully saturated rings. The van der Waals surface area contributed by atoms with Gasteiger partial charge >= 0.3 is 0 Å². The molecule has 0 spiro atoms. The van der Waals surface area contributed by atoms with Gasteiger partial charge in [0, 0.05) is 17.4 Å². The molecule has 5 heteroatoms. The molecule has 31 heavy (non-hydrogen) atoms. The minimum absolute atomic E-state index is 0.0785. The average molecular weight is 437 g/mol. The Hall–Kier alpha value is -1.33. The number of hydrogen-bond donors (Lipinski definition) is 0. The van der Waals surface area contributed by atoms with Crippen molar-refractivity contribution in [1.29, 1.82) is 0 Å². The van der Waals surface area contributed by atoms with Gasteiger partial charge in [-0.05, 0) is 74.0 Å². The number of halogens is 3. The van der Waals surface area contributed by atoms with Crippen LogP contribution in [0.1, 0.15) is 81.6 Å². The normalized spacial score (nSPS) is 35.2. The molecule has 0 aromatic heterocycles. The van der Waals surface area contributed by atoms with E-state index in [-0.39, 0.29) is 23.5 Å². The van der Waals surface area contributed by atoms with E-state index in [0.29, 0.717) is 56.3 Å². The van der Waals surface area contributed by atoms with E-state index in [9.17, 15) is 13.2 Å². The van der Waals surface area contributed by atoms with Crippen LogP contribution in [-0.2, 0) is 9.47 Å². The Morgan fingerprint density at radius 3 is 2.26 bits per heavy atom. The lowest BCUT2D eigenvalue weighted by molar-refractivity contribution is -0.214. The summed E-state index contributed by atoms with van der Waals surface area (Å²) in [5.74, 6) is 1.21. The average Bonchev–Trinajstić information content (AvgIpc) is 2.80. The van der Waals surface area contributed by atoms with Crippen molar-refractivity contribution in [3.8, 4) is 0 Å². The van der Waals surface area contributed by atoms with Gasteiger partial charge in [-0.1, -0.05) is 31.9 Å². The standard InChI is InChI=1S/C26H35F3O2/c1-17-2-4-18(5-3-17)22-15-30-26(31-16-22)21-10-11-23(25(29)14-21)19-6-8-20(9-7-19)24(28)12-13-27/h10-12,14,17-20,22,26H,2-9,13,15-16H2,1H3/b24-12-. The number of ether oxygens (including phenoxy) is 2.